The van der Waals surface area contributed by atoms with Crippen molar-refractivity contribution in [1.82, 2.24) is 14.9 Å². The van der Waals surface area contributed by atoms with Gasteiger partial charge in [0.05, 0.1) is 6.20 Å². The van der Waals surface area contributed by atoms with Crippen LogP contribution in [0.25, 0.3) is 0 Å². The molecule has 0 bridgehead atoms. The van der Waals surface area contributed by atoms with Gasteiger partial charge < -0.3 is 10.6 Å². The van der Waals surface area contributed by atoms with Crippen molar-refractivity contribution in [3.8, 4) is 0 Å². The molecule has 1 aromatic heterocycles. The number of carbonyl (C=O) groups excluding carboxylic acids is 1. The molecule has 0 atom stereocenters. The summed E-state index contributed by atoms with van der Waals surface area (Å²) in [5, 5.41) is 0. The number of rotatable bonds is 4. The van der Waals surface area contributed by atoms with Gasteiger partial charge in [-0.2, -0.15) is 0 Å². The predicted octanol–water partition coefficient (Wildman–Crippen LogP) is 0.533. The monoisotopic (exact) mass is 222 g/mol. The first kappa shape index (κ1) is 12.6. The highest BCUT2D eigenvalue weighted by Gasteiger charge is 2.22. The summed E-state index contributed by atoms with van der Waals surface area (Å²) >= 11 is 0. The van der Waals surface area contributed by atoms with E-state index >= 15 is 0 Å². The fourth-order valence-corrected chi connectivity index (χ4v) is 1.38. The number of nitrogens with zero attached hydrogens (tertiary/aromatic N) is 3. The molecule has 0 radical (unpaired) electrons. The van der Waals surface area contributed by atoms with Gasteiger partial charge in [0, 0.05) is 26.0 Å². The normalized spacial score (nSPS) is 11.2. The molecular formula is C11H18N4O. The molecule has 0 spiro atoms. The lowest BCUT2D eigenvalue weighted by Crippen LogP contribution is -2.40. The lowest BCUT2D eigenvalue weighted by molar-refractivity contribution is 0.0734. The Hall–Kier alpha value is -1.49. The molecule has 0 aromatic carbocycles. The molecule has 5 nitrogen and oxygen atoms in total. The SMILES string of the molecule is CN(CC(C)(C)CN)C(=O)c1cnccn1. The van der Waals surface area contributed by atoms with E-state index in [2.05, 4.69) is 9.97 Å². The summed E-state index contributed by atoms with van der Waals surface area (Å²) in [5.41, 5.74) is 5.90. The molecule has 0 aliphatic rings. The van der Waals surface area contributed by atoms with Crippen LogP contribution in [-0.4, -0.2) is 40.9 Å². The number of hydrogen-bond donors (Lipinski definition) is 1. The van der Waals surface area contributed by atoms with Crippen molar-refractivity contribution in [3.05, 3.63) is 24.3 Å². The molecule has 0 unspecified atom stereocenters. The lowest BCUT2D eigenvalue weighted by Gasteiger charge is -2.28. The first-order chi connectivity index (χ1) is 7.46. The highest BCUT2D eigenvalue weighted by molar-refractivity contribution is 5.91. The number of aromatic nitrogens is 2. The van der Waals surface area contributed by atoms with Crippen LogP contribution in [0.3, 0.4) is 0 Å². The van der Waals surface area contributed by atoms with Crippen LogP contribution in [0.4, 0.5) is 0 Å². The summed E-state index contributed by atoms with van der Waals surface area (Å²) in [7, 11) is 1.74. The van der Waals surface area contributed by atoms with Gasteiger partial charge in [-0.1, -0.05) is 13.8 Å². The van der Waals surface area contributed by atoms with Gasteiger partial charge in [0.2, 0.25) is 0 Å². The van der Waals surface area contributed by atoms with Crippen LogP contribution in [0.1, 0.15) is 24.3 Å². The van der Waals surface area contributed by atoms with E-state index in [0.717, 1.165) is 0 Å². The second kappa shape index (κ2) is 5.03. The molecule has 0 aliphatic heterocycles. The Kier molecular flexibility index (Phi) is 3.95. The highest BCUT2D eigenvalue weighted by atomic mass is 16.2. The highest BCUT2D eigenvalue weighted by Crippen LogP contribution is 2.14. The fraction of sp³-hybridized carbons (Fsp3) is 0.545. The van der Waals surface area contributed by atoms with Crippen LogP contribution >= 0.6 is 0 Å². The maximum atomic E-state index is 11.9. The van der Waals surface area contributed by atoms with E-state index in [1.54, 1.807) is 18.1 Å². The van der Waals surface area contributed by atoms with E-state index in [9.17, 15) is 4.79 Å². The van der Waals surface area contributed by atoms with Crippen molar-refractivity contribution < 1.29 is 4.79 Å². The van der Waals surface area contributed by atoms with Gasteiger partial charge in [-0.25, -0.2) is 4.98 Å². The van der Waals surface area contributed by atoms with Gasteiger partial charge in [-0.3, -0.25) is 9.78 Å². The summed E-state index contributed by atoms with van der Waals surface area (Å²) in [6.45, 7) is 5.17. The first-order valence-corrected chi connectivity index (χ1v) is 5.18. The molecule has 0 saturated heterocycles. The third-order valence-electron chi connectivity index (χ3n) is 2.35. The molecule has 0 fully saturated rings. The molecule has 1 rings (SSSR count). The molecule has 1 aromatic rings. The van der Waals surface area contributed by atoms with Gasteiger partial charge in [0.25, 0.3) is 5.91 Å². The molecule has 1 heterocycles. The van der Waals surface area contributed by atoms with Crippen molar-refractivity contribution in [3.63, 3.8) is 0 Å². The molecule has 0 aliphatic carbocycles. The van der Waals surface area contributed by atoms with Crippen molar-refractivity contribution >= 4 is 5.91 Å². The zero-order chi connectivity index (χ0) is 12.2. The second-order valence-electron chi connectivity index (χ2n) is 4.62. The van der Waals surface area contributed by atoms with Gasteiger partial charge in [-0.15, -0.1) is 0 Å². The number of hydrogen-bond acceptors (Lipinski definition) is 4. The van der Waals surface area contributed by atoms with E-state index in [1.165, 1.54) is 12.4 Å². The van der Waals surface area contributed by atoms with E-state index in [1.807, 2.05) is 13.8 Å². The molecule has 2 N–H and O–H groups in total. The summed E-state index contributed by atoms with van der Waals surface area (Å²) < 4.78 is 0. The third-order valence-corrected chi connectivity index (χ3v) is 2.35. The second-order valence-corrected chi connectivity index (χ2v) is 4.62. The van der Waals surface area contributed by atoms with Gasteiger partial charge in [0.1, 0.15) is 5.69 Å². The number of carbonyl (C=O) groups is 1. The zero-order valence-electron chi connectivity index (χ0n) is 9.97. The van der Waals surface area contributed by atoms with Crippen molar-refractivity contribution in [2.45, 2.75) is 13.8 Å². The number of nitrogens with two attached hydrogens (primary N) is 1. The van der Waals surface area contributed by atoms with Crippen molar-refractivity contribution in [2.75, 3.05) is 20.1 Å². The third kappa shape index (κ3) is 3.27. The smallest absolute Gasteiger partial charge is 0.273 e. The van der Waals surface area contributed by atoms with Crippen LogP contribution in [0, 0.1) is 5.41 Å². The molecule has 5 heteroatoms. The summed E-state index contributed by atoms with van der Waals surface area (Å²) in [4.78, 5) is 21.4. The standard InChI is InChI=1S/C11H18N4O/c1-11(2,7-12)8-15(3)10(16)9-6-13-4-5-14-9/h4-6H,7-8,12H2,1-3H3. The Morgan fingerprint density at radius 1 is 1.50 bits per heavy atom. The van der Waals surface area contributed by atoms with Gasteiger partial charge >= 0.3 is 0 Å². The molecule has 16 heavy (non-hydrogen) atoms. The van der Waals surface area contributed by atoms with E-state index in [0.29, 0.717) is 18.8 Å². The quantitative estimate of drug-likeness (QED) is 0.806. The first-order valence-electron chi connectivity index (χ1n) is 5.18. The Bertz CT molecular complexity index is 350. The molecule has 88 valence electrons. The van der Waals surface area contributed by atoms with Crippen molar-refractivity contribution in [2.24, 2.45) is 11.1 Å². The van der Waals surface area contributed by atoms with Gasteiger partial charge in [-0.05, 0) is 12.0 Å². The Morgan fingerprint density at radius 3 is 2.69 bits per heavy atom. The largest absolute Gasteiger partial charge is 0.340 e. The Balaban J connectivity index is 2.69. The minimum Gasteiger partial charge on any atom is -0.340 e. The summed E-state index contributed by atoms with van der Waals surface area (Å²) in [6.07, 6.45) is 4.52. The Labute approximate surface area is 95.7 Å². The van der Waals surface area contributed by atoms with Crippen LogP contribution in [-0.2, 0) is 0 Å². The molecule has 1 amide bonds. The maximum absolute atomic E-state index is 11.9. The lowest BCUT2D eigenvalue weighted by atomic mass is 9.93. The van der Waals surface area contributed by atoms with Crippen LogP contribution < -0.4 is 5.73 Å². The summed E-state index contributed by atoms with van der Waals surface area (Å²) in [5.74, 6) is -0.130. The van der Waals surface area contributed by atoms with E-state index < -0.39 is 0 Å². The maximum Gasteiger partial charge on any atom is 0.273 e. The minimum atomic E-state index is -0.130. The topological polar surface area (TPSA) is 72.1 Å². The van der Waals surface area contributed by atoms with Crippen molar-refractivity contribution in [1.29, 1.82) is 0 Å². The molecule has 0 saturated carbocycles. The summed E-state index contributed by atoms with van der Waals surface area (Å²) in [6, 6.07) is 0. The van der Waals surface area contributed by atoms with E-state index in [4.69, 9.17) is 5.73 Å². The van der Waals surface area contributed by atoms with Gasteiger partial charge in [0.15, 0.2) is 0 Å². The predicted molar refractivity (Wildman–Crippen MR) is 61.8 cm³/mol. The average Bonchev–Trinajstić information content (AvgIpc) is 2.28. The molecular weight excluding hydrogens is 204 g/mol. The van der Waals surface area contributed by atoms with Crippen LogP contribution in [0.15, 0.2) is 18.6 Å². The minimum absolute atomic E-state index is 0.0907. The van der Waals surface area contributed by atoms with Crippen LogP contribution in [0.5, 0.6) is 0 Å². The zero-order valence-corrected chi connectivity index (χ0v) is 9.97. The fourth-order valence-electron chi connectivity index (χ4n) is 1.38. The van der Waals surface area contributed by atoms with Crippen LogP contribution in [0.2, 0.25) is 0 Å². The Morgan fingerprint density at radius 2 is 2.19 bits per heavy atom. The van der Waals surface area contributed by atoms with E-state index in [-0.39, 0.29) is 11.3 Å². The average molecular weight is 222 g/mol. The number of amides is 1.